The average molecular weight is 209 g/mol. The fourth-order valence-corrected chi connectivity index (χ4v) is 1.70. The van der Waals surface area contributed by atoms with E-state index in [4.69, 9.17) is 0 Å². The zero-order valence-corrected chi connectivity index (χ0v) is 9.21. The monoisotopic (exact) mass is 209 g/mol. The summed E-state index contributed by atoms with van der Waals surface area (Å²) in [5, 5.41) is 0. The fraction of sp³-hybridized carbons (Fsp3) is 0.0667. The Morgan fingerprint density at radius 2 is 1.25 bits per heavy atom. The first-order valence-corrected chi connectivity index (χ1v) is 5.40. The first-order chi connectivity index (χ1) is 7.92. The van der Waals surface area contributed by atoms with Crippen LogP contribution in [-0.2, 0) is 0 Å². The van der Waals surface area contributed by atoms with E-state index in [1.165, 1.54) is 11.4 Å². The molecule has 0 radical (unpaired) electrons. The van der Waals surface area contributed by atoms with Crippen molar-refractivity contribution < 1.29 is 0 Å². The minimum Gasteiger partial charge on any atom is -0.338 e. The van der Waals surface area contributed by atoms with Crippen molar-refractivity contribution in [3.8, 4) is 0 Å². The molecule has 1 heteroatoms. The van der Waals surface area contributed by atoms with Gasteiger partial charge >= 0.3 is 0 Å². The van der Waals surface area contributed by atoms with Crippen LogP contribution >= 0.6 is 0 Å². The third-order valence-corrected chi connectivity index (χ3v) is 2.45. The predicted octanol–water partition coefficient (Wildman–Crippen LogP) is 4.01. The van der Waals surface area contributed by atoms with Crippen LogP contribution in [0, 0.1) is 0 Å². The fourth-order valence-electron chi connectivity index (χ4n) is 1.70. The first kappa shape index (κ1) is 10.5. The molecule has 0 fully saturated rings. The third kappa shape index (κ3) is 2.31. The standard InChI is InChI=1S/C15H15N/c1-2-13-16(14-9-5-3-6-10-14)15-11-7-4-8-12-15/h2-12H,1,13H2. The van der Waals surface area contributed by atoms with Crippen molar-refractivity contribution in [2.45, 2.75) is 0 Å². The lowest BCUT2D eigenvalue weighted by atomic mass is 10.2. The van der Waals surface area contributed by atoms with Gasteiger partial charge in [-0.15, -0.1) is 6.58 Å². The highest BCUT2D eigenvalue weighted by molar-refractivity contribution is 5.63. The molecule has 0 saturated heterocycles. The predicted molar refractivity (Wildman–Crippen MR) is 70.1 cm³/mol. The largest absolute Gasteiger partial charge is 0.338 e. The molecule has 16 heavy (non-hydrogen) atoms. The van der Waals surface area contributed by atoms with Gasteiger partial charge in [0.25, 0.3) is 0 Å². The van der Waals surface area contributed by atoms with E-state index < -0.39 is 0 Å². The molecule has 0 N–H and O–H groups in total. The van der Waals surface area contributed by atoms with Gasteiger partial charge in [0.05, 0.1) is 0 Å². The SMILES string of the molecule is C=CCN(c1ccccc1)c1ccccc1. The van der Waals surface area contributed by atoms with Crippen LogP contribution in [0.25, 0.3) is 0 Å². The molecule has 0 spiro atoms. The van der Waals surface area contributed by atoms with Crippen LogP contribution in [0.3, 0.4) is 0 Å². The van der Waals surface area contributed by atoms with Gasteiger partial charge in [0, 0.05) is 17.9 Å². The second-order valence-corrected chi connectivity index (χ2v) is 3.57. The van der Waals surface area contributed by atoms with E-state index in [9.17, 15) is 0 Å². The Labute approximate surface area is 96.7 Å². The molecule has 0 aromatic heterocycles. The van der Waals surface area contributed by atoms with Crippen molar-refractivity contribution in [3.63, 3.8) is 0 Å². The normalized spacial score (nSPS) is 9.75. The van der Waals surface area contributed by atoms with Crippen LogP contribution < -0.4 is 4.90 Å². The van der Waals surface area contributed by atoms with Crippen LogP contribution in [0.4, 0.5) is 11.4 Å². The molecule has 2 aromatic rings. The number of rotatable bonds is 4. The zero-order chi connectivity index (χ0) is 11.2. The number of benzene rings is 2. The lowest BCUT2D eigenvalue weighted by Gasteiger charge is -2.23. The van der Waals surface area contributed by atoms with Crippen molar-refractivity contribution >= 4 is 11.4 Å². The Morgan fingerprint density at radius 3 is 1.62 bits per heavy atom. The minimum atomic E-state index is 0.814. The lowest BCUT2D eigenvalue weighted by molar-refractivity contribution is 1.10. The molecular formula is C15H15N. The summed E-state index contributed by atoms with van der Waals surface area (Å²) in [7, 11) is 0. The van der Waals surface area contributed by atoms with E-state index in [0.717, 1.165) is 6.54 Å². The topological polar surface area (TPSA) is 3.24 Å². The van der Waals surface area contributed by atoms with E-state index >= 15 is 0 Å². The number of nitrogens with zero attached hydrogens (tertiary/aromatic N) is 1. The number of hydrogen-bond donors (Lipinski definition) is 0. The van der Waals surface area contributed by atoms with Gasteiger partial charge in [-0.2, -0.15) is 0 Å². The van der Waals surface area contributed by atoms with Gasteiger partial charge in [0.15, 0.2) is 0 Å². The molecule has 2 rings (SSSR count). The van der Waals surface area contributed by atoms with Gasteiger partial charge in [-0.3, -0.25) is 0 Å². The van der Waals surface area contributed by atoms with Gasteiger partial charge in [-0.25, -0.2) is 0 Å². The van der Waals surface area contributed by atoms with Crippen LogP contribution in [0.15, 0.2) is 73.3 Å². The molecule has 0 saturated carbocycles. The summed E-state index contributed by atoms with van der Waals surface area (Å²) in [6, 6.07) is 20.7. The van der Waals surface area contributed by atoms with Crippen LogP contribution in [-0.4, -0.2) is 6.54 Å². The zero-order valence-electron chi connectivity index (χ0n) is 9.21. The summed E-state index contributed by atoms with van der Waals surface area (Å²) < 4.78 is 0. The van der Waals surface area contributed by atoms with E-state index in [0.29, 0.717) is 0 Å². The number of hydrogen-bond acceptors (Lipinski definition) is 1. The van der Waals surface area contributed by atoms with Crippen molar-refractivity contribution in [1.82, 2.24) is 0 Å². The molecule has 0 bridgehead atoms. The highest BCUT2D eigenvalue weighted by atomic mass is 15.1. The highest BCUT2D eigenvalue weighted by Crippen LogP contribution is 2.24. The quantitative estimate of drug-likeness (QED) is 0.688. The van der Waals surface area contributed by atoms with E-state index in [1.54, 1.807) is 0 Å². The minimum absolute atomic E-state index is 0.814. The summed E-state index contributed by atoms with van der Waals surface area (Å²) in [5.41, 5.74) is 2.38. The molecule has 0 unspecified atom stereocenters. The molecule has 1 nitrogen and oxygen atoms in total. The third-order valence-electron chi connectivity index (χ3n) is 2.45. The van der Waals surface area contributed by atoms with Crippen molar-refractivity contribution in [1.29, 1.82) is 0 Å². The van der Waals surface area contributed by atoms with Gasteiger partial charge in [-0.05, 0) is 24.3 Å². The Morgan fingerprint density at radius 1 is 0.812 bits per heavy atom. The Kier molecular flexibility index (Phi) is 3.39. The lowest BCUT2D eigenvalue weighted by Crippen LogP contribution is -2.16. The van der Waals surface area contributed by atoms with Crippen LogP contribution in [0.2, 0.25) is 0 Å². The molecule has 0 aliphatic rings. The maximum absolute atomic E-state index is 3.81. The summed E-state index contributed by atoms with van der Waals surface area (Å²) in [4.78, 5) is 2.23. The Hall–Kier alpha value is -2.02. The molecule has 2 aromatic carbocycles. The molecule has 0 heterocycles. The Bertz CT molecular complexity index is 394. The summed E-state index contributed by atoms with van der Waals surface area (Å²) in [6.45, 7) is 4.62. The van der Waals surface area contributed by atoms with Crippen molar-refractivity contribution in [2.75, 3.05) is 11.4 Å². The molecule has 0 amide bonds. The maximum atomic E-state index is 3.81. The van der Waals surface area contributed by atoms with E-state index in [1.807, 2.05) is 42.5 Å². The van der Waals surface area contributed by atoms with Crippen LogP contribution in [0.5, 0.6) is 0 Å². The van der Waals surface area contributed by atoms with Crippen LogP contribution in [0.1, 0.15) is 0 Å². The molecule has 0 atom stereocenters. The summed E-state index contributed by atoms with van der Waals surface area (Å²) in [6.07, 6.45) is 1.92. The molecule has 80 valence electrons. The first-order valence-electron chi connectivity index (χ1n) is 5.40. The molecule has 0 aliphatic heterocycles. The van der Waals surface area contributed by atoms with Crippen molar-refractivity contribution in [3.05, 3.63) is 73.3 Å². The van der Waals surface area contributed by atoms with Gasteiger partial charge in [0.1, 0.15) is 0 Å². The maximum Gasteiger partial charge on any atom is 0.0413 e. The van der Waals surface area contributed by atoms with Crippen molar-refractivity contribution in [2.24, 2.45) is 0 Å². The highest BCUT2D eigenvalue weighted by Gasteiger charge is 2.05. The number of para-hydroxylation sites is 2. The molecule has 0 aliphatic carbocycles. The van der Waals surface area contributed by atoms with Gasteiger partial charge in [-0.1, -0.05) is 42.5 Å². The number of anilines is 2. The average Bonchev–Trinajstić information content (AvgIpc) is 2.38. The Balaban J connectivity index is 2.35. The van der Waals surface area contributed by atoms with E-state index in [2.05, 4.69) is 35.7 Å². The van der Waals surface area contributed by atoms with Gasteiger partial charge in [0.2, 0.25) is 0 Å². The van der Waals surface area contributed by atoms with Gasteiger partial charge < -0.3 is 4.90 Å². The summed E-state index contributed by atoms with van der Waals surface area (Å²) >= 11 is 0. The summed E-state index contributed by atoms with van der Waals surface area (Å²) in [5.74, 6) is 0. The second kappa shape index (κ2) is 5.17. The molecular weight excluding hydrogens is 194 g/mol. The van der Waals surface area contributed by atoms with E-state index in [-0.39, 0.29) is 0 Å². The smallest absolute Gasteiger partial charge is 0.0413 e. The second-order valence-electron chi connectivity index (χ2n) is 3.57.